The third kappa shape index (κ3) is 2.89. The number of amides is 1. The minimum absolute atomic E-state index is 0.0415. The smallest absolute Gasteiger partial charge is 0.323 e. The van der Waals surface area contributed by atoms with Crippen molar-refractivity contribution in [3.63, 3.8) is 0 Å². The highest BCUT2D eigenvalue weighted by atomic mass is 79.9. The monoisotopic (exact) mass is 352 g/mol. The molecule has 1 amide bonds. The van der Waals surface area contributed by atoms with Crippen LogP contribution >= 0.6 is 15.9 Å². The van der Waals surface area contributed by atoms with Gasteiger partial charge in [0.05, 0.1) is 22.8 Å². The fourth-order valence-corrected chi connectivity index (χ4v) is 3.21. The number of piperidine rings is 1. The Labute approximate surface area is 129 Å². The number of rotatable bonds is 2. The molecule has 1 aliphatic heterocycles. The van der Waals surface area contributed by atoms with Gasteiger partial charge in [-0.05, 0) is 53.4 Å². The number of benzene rings is 1. The Morgan fingerprint density at radius 1 is 1.33 bits per heavy atom. The lowest BCUT2D eigenvalue weighted by atomic mass is 9.92. The number of halogens is 1. The summed E-state index contributed by atoms with van der Waals surface area (Å²) in [5.74, 6) is 0.272. The van der Waals surface area contributed by atoms with Crippen LogP contribution in [0.2, 0.25) is 0 Å². The maximum Gasteiger partial charge on any atom is 0.323 e. The van der Waals surface area contributed by atoms with Gasteiger partial charge in [-0.3, -0.25) is 4.79 Å². The molecule has 0 spiro atoms. The largest absolute Gasteiger partial charge is 0.324 e. The van der Waals surface area contributed by atoms with E-state index in [0.29, 0.717) is 22.6 Å². The van der Waals surface area contributed by atoms with E-state index in [4.69, 9.17) is 0 Å². The fraction of sp³-hybridized carbons (Fsp3) is 0.429. The van der Waals surface area contributed by atoms with Crippen LogP contribution < -0.4 is 16.3 Å². The summed E-state index contributed by atoms with van der Waals surface area (Å²) >= 11 is 3.42. The zero-order valence-electron chi connectivity index (χ0n) is 11.6. The van der Waals surface area contributed by atoms with Gasteiger partial charge in [0.1, 0.15) is 0 Å². The van der Waals surface area contributed by atoms with Gasteiger partial charge in [0, 0.05) is 4.47 Å². The molecule has 6 nitrogen and oxygen atoms in total. The van der Waals surface area contributed by atoms with Crippen molar-refractivity contribution in [3.8, 4) is 0 Å². The van der Waals surface area contributed by atoms with E-state index >= 15 is 0 Å². The van der Waals surface area contributed by atoms with E-state index in [1.165, 1.54) is 0 Å². The molecule has 112 valence electrons. The molecule has 2 atom stereocenters. The Hall–Kier alpha value is -1.60. The predicted octanol–water partition coefficient (Wildman–Crippen LogP) is 1.95. The van der Waals surface area contributed by atoms with Crippen LogP contribution in [0.3, 0.4) is 0 Å². The summed E-state index contributed by atoms with van der Waals surface area (Å²) < 4.78 is 0.738. The van der Waals surface area contributed by atoms with Crippen molar-refractivity contribution in [2.75, 3.05) is 11.9 Å². The Morgan fingerprint density at radius 2 is 2.05 bits per heavy atom. The average molecular weight is 353 g/mol. The van der Waals surface area contributed by atoms with Gasteiger partial charge in [0.25, 0.3) is 0 Å². The van der Waals surface area contributed by atoms with E-state index in [-0.39, 0.29) is 17.6 Å². The second-order valence-corrected chi connectivity index (χ2v) is 6.35. The van der Waals surface area contributed by atoms with Gasteiger partial charge < -0.3 is 20.6 Å². The molecule has 7 heteroatoms. The first-order valence-electron chi connectivity index (χ1n) is 7.00. The minimum atomic E-state index is -0.261. The molecule has 0 radical (unpaired) electrons. The number of H-pyrrole nitrogens is 2. The molecular weight excluding hydrogens is 336 g/mol. The predicted molar refractivity (Wildman–Crippen MR) is 85.4 cm³/mol. The number of carbonyl (C=O) groups excluding carboxylic acids is 1. The molecule has 2 unspecified atom stereocenters. The molecule has 21 heavy (non-hydrogen) atoms. The number of hydrogen-bond donors (Lipinski definition) is 4. The van der Waals surface area contributed by atoms with E-state index < -0.39 is 0 Å². The highest BCUT2D eigenvalue weighted by Crippen LogP contribution is 2.27. The van der Waals surface area contributed by atoms with Crippen LogP contribution in [0.5, 0.6) is 0 Å². The highest BCUT2D eigenvalue weighted by Gasteiger charge is 2.27. The standard InChI is InChI=1S/C14H17BrN4O2/c1-7-3-2-4-16-12(7)13(20)17-9-6-11-10(5-8(9)15)18-14(21)19-11/h5-7,12,16H,2-4H2,1H3,(H,17,20)(H2,18,19,21). The molecule has 0 bridgehead atoms. The van der Waals surface area contributed by atoms with Crippen LogP contribution in [0.15, 0.2) is 21.4 Å². The molecule has 1 aliphatic rings. The van der Waals surface area contributed by atoms with Gasteiger partial charge in [0.15, 0.2) is 0 Å². The van der Waals surface area contributed by atoms with E-state index in [0.717, 1.165) is 23.9 Å². The molecule has 1 aromatic carbocycles. The van der Waals surface area contributed by atoms with Crippen molar-refractivity contribution in [1.29, 1.82) is 0 Å². The zero-order valence-corrected chi connectivity index (χ0v) is 13.2. The Balaban J connectivity index is 1.85. The van der Waals surface area contributed by atoms with Crippen molar-refractivity contribution in [1.82, 2.24) is 15.3 Å². The van der Waals surface area contributed by atoms with Crippen LogP contribution in [-0.2, 0) is 4.79 Å². The molecule has 0 saturated carbocycles. The number of fused-ring (bicyclic) bond motifs is 1. The maximum atomic E-state index is 12.4. The van der Waals surface area contributed by atoms with Crippen molar-refractivity contribution >= 4 is 38.6 Å². The summed E-state index contributed by atoms with van der Waals surface area (Å²) in [4.78, 5) is 29.1. The summed E-state index contributed by atoms with van der Waals surface area (Å²) in [5.41, 5.74) is 1.77. The second kappa shape index (κ2) is 5.65. The number of nitrogens with one attached hydrogen (secondary N) is 4. The average Bonchev–Trinajstić information content (AvgIpc) is 2.78. The number of carbonyl (C=O) groups is 1. The second-order valence-electron chi connectivity index (χ2n) is 5.50. The summed E-state index contributed by atoms with van der Waals surface area (Å²) in [7, 11) is 0. The first kappa shape index (κ1) is 14.3. The van der Waals surface area contributed by atoms with Gasteiger partial charge in [-0.2, -0.15) is 0 Å². The molecule has 3 rings (SSSR count). The number of aromatic amines is 2. The summed E-state index contributed by atoms with van der Waals surface area (Å²) in [6.07, 6.45) is 2.15. The SMILES string of the molecule is CC1CCCNC1C(=O)Nc1cc2[nH]c(=O)[nH]c2cc1Br. The first-order valence-corrected chi connectivity index (χ1v) is 7.79. The van der Waals surface area contributed by atoms with Crippen molar-refractivity contribution < 1.29 is 4.79 Å². The van der Waals surface area contributed by atoms with Gasteiger partial charge in [0.2, 0.25) is 5.91 Å². The molecule has 1 aromatic heterocycles. The van der Waals surface area contributed by atoms with Crippen LogP contribution in [0.1, 0.15) is 19.8 Å². The molecule has 4 N–H and O–H groups in total. The summed E-state index contributed by atoms with van der Waals surface area (Å²) in [6, 6.07) is 3.36. The van der Waals surface area contributed by atoms with Crippen LogP contribution in [-0.4, -0.2) is 28.5 Å². The van der Waals surface area contributed by atoms with Gasteiger partial charge in [-0.25, -0.2) is 4.79 Å². The topological polar surface area (TPSA) is 89.8 Å². The van der Waals surface area contributed by atoms with E-state index in [2.05, 4.69) is 43.5 Å². The Bertz CT molecular complexity index is 736. The number of imidazole rings is 1. The Kier molecular flexibility index (Phi) is 3.86. The molecule has 2 heterocycles. The fourth-order valence-electron chi connectivity index (χ4n) is 2.76. The summed E-state index contributed by atoms with van der Waals surface area (Å²) in [6.45, 7) is 2.95. The normalized spacial score (nSPS) is 22.4. The number of hydrogen-bond acceptors (Lipinski definition) is 3. The molecule has 1 saturated heterocycles. The first-order chi connectivity index (χ1) is 10.0. The molecule has 1 fully saturated rings. The zero-order chi connectivity index (χ0) is 15.0. The van der Waals surface area contributed by atoms with Gasteiger partial charge in [-0.15, -0.1) is 0 Å². The summed E-state index contributed by atoms with van der Waals surface area (Å²) in [5, 5.41) is 6.19. The van der Waals surface area contributed by atoms with Crippen molar-refractivity contribution in [3.05, 3.63) is 27.1 Å². The quantitative estimate of drug-likeness (QED) is 0.665. The van der Waals surface area contributed by atoms with Crippen molar-refractivity contribution in [2.45, 2.75) is 25.8 Å². The third-order valence-electron chi connectivity index (χ3n) is 3.91. The number of aromatic nitrogens is 2. The lowest BCUT2D eigenvalue weighted by molar-refractivity contribution is -0.119. The third-order valence-corrected chi connectivity index (χ3v) is 4.57. The lowest BCUT2D eigenvalue weighted by Crippen LogP contribution is -2.48. The maximum absolute atomic E-state index is 12.4. The van der Waals surface area contributed by atoms with Crippen molar-refractivity contribution in [2.24, 2.45) is 5.92 Å². The molecule has 0 aliphatic carbocycles. The van der Waals surface area contributed by atoms with E-state index in [1.807, 2.05) is 0 Å². The Morgan fingerprint density at radius 3 is 2.76 bits per heavy atom. The highest BCUT2D eigenvalue weighted by molar-refractivity contribution is 9.10. The van der Waals surface area contributed by atoms with E-state index in [9.17, 15) is 9.59 Å². The minimum Gasteiger partial charge on any atom is -0.324 e. The molecular formula is C14H17BrN4O2. The van der Waals surface area contributed by atoms with Crippen LogP contribution in [0.25, 0.3) is 11.0 Å². The van der Waals surface area contributed by atoms with Gasteiger partial charge >= 0.3 is 5.69 Å². The van der Waals surface area contributed by atoms with E-state index in [1.54, 1.807) is 12.1 Å². The molecule has 2 aromatic rings. The van der Waals surface area contributed by atoms with Crippen LogP contribution in [0, 0.1) is 5.92 Å². The lowest BCUT2D eigenvalue weighted by Gasteiger charge is -2.29. The van der Waals surface area contributed by atoms with Gasteiger partial charge in [-0.1, -0.05) is 6.92 Å². The number of anilines is 1. The van der Waals surface area contributed by atoms with Crippen LogP contribution in [0.4, 0.5) is 5.69 Å².